The fourth-order valence-corrected chi connectivity index (χ4v) is 3.14. The molecule has 0 aliphatic carbocycles. The lowest BCUT2D eigenvalue weighted by atomic mass is 9.96. The zero-order valence-corrected chi connectivity index (χ0v) is 15.3. The van der Waals surface area contributed by atoms with Crippen molar-refractivity contribution in [2.75, 3.05) is 13.1 Å². The molecule has 2 aromatic carbocycles. The van der Waals surface area contributed by atoms with E-state index in [9.17, 15) is 14.4 Å². The summed E-state index contributed by atoms with van der Waals surface area (Å²) in [6, 6.07) is 16.1. The molecule has 0 saturated carbocycles. The minimum atomic E-state index is -0.368. The quantitative estimate of drug-likeness (QED) is 0.820. The summed E-state index contributed by atoms with van der Waals surface area (Å²) in [5, 5.41) is 0. The Morgan fingerprint density at radius 2 is 1.63 bits per heavy atom. The third-order valence-electron chi connectivity index (χ3n) is 4.71. The second-order valence-electron chi connectivity index (χ2n) is 6.77. The van der Waals surface area contributed by atoms with Gasteiger partial charge in [0.15, 0.2) is 0 Å². The number of amides is 3. The highest BCUT2D eigenvalue weighted by Gasteiger charge is 2.29. The Hall–Kier alpha value is -3.15. The third kappa shape index (κ3) is 4.73. The van der Waals surface area contributed by atoms with Crippen LogP contribution in [0.15, 0.2) is 54.6 Å². The zero-order valence-electron chi connectivity index (χ0n) is 15.3. The van der Waals surface area contributed by atoms with Crippen molar-refractivity contribution in [1.29, 1.82) is 0 Å². The molecule has 0 radical (unpaired) electrons. The van der Waals surface area contributed by atoms with Crippen molar-refractivity contribution < 1.29 is 14.4 Å². The van der Waals surface area contributed by atoms with E-state index >= 15 is 0 Å². The largest absolute Gasteiger partial charge is 0.338 e. The molecule has 1 aliphatic rings. The van der Waals surface area contributed by atoms with Crippen LogP contribution in [-0.2, 0) is 4.79 Å². The van der Waals surface area contributed by atoms with Crippen LogP contribution in [0.3, 0.4) is 0 Å². The molecule has 6 nitrogen and oxygen atoms in total. The number of nitrogens with zero attached hydrogens (tertiary/aromatic N) is 1. The molecule has 1 aliphatic heterocycles. The molecule has 0 bridgehead atoms. The van der Waals surface area contributed by atoms with E-state index in [1.165, 1.54) is 0 Å². The average molecular weight is 365 g/mol. The first-order valence-corrected chi connectivity index (χ1v) is 9.06. The molecule has 27 heavy (non-hydrogen) atoms. The number of likely N-dealkylation sites (tertiary alicyclic amines) is 1. The van der Waals surface area contributed by atoms with Crippen molar-refractivity contribution in [3.05, 3.63) is 71.3 Å². The van der Waals surface area contributed by atoms with Crippen LogP contribution in [0.4, 0.5) is 0 Å². The molecule has 6 heteroatoms. The van der Waals surface area contributed by atoms with Gasteiger partial charge in [0, 0.05) is 24.2 Å². The second-order valence-corrected chi connectivity index (χ2v) is 6.77. The van der Waals surface area contributed by atoms with Gasteiger partial charge in [0.1, 0.15) is 0 Å². The smallest absolute Gasteiger partial charge is 0.269 e. The van der Waals surface area contributed by atoms with Crippen LogP contribution in [0.5, 0.6) is 0 Å². The fraction of sp³-hybridized carbons (Fsp3) is 0.286. The van der Waals surface area contributed by atoms with Gasteiger partial charge in [-0.2, -0.15) is 0 Å². The number of rotatable bonds is 3. The first-order valence-electron chi connectivity index (χ1n) is 9.06. The van der Waals surface area contributed by atoms with Gasteiger partial charge in [-0.3, -0.25) is 25.2 Å². The van der Waals surface area contributed by atoms with Gasteiger partial charge in [0.2, 0.25) is 5.91 Å². The Bertz CT molecular complexity index is 818. The number of nitrogens with one attached hydrogen (secondary N) is 2. The number of carbonyl (C=O) groups excluding carboxylic acids is 3. The van der Waals surface area contributed by atoms with Gasteiger partial charge in [-0.05, 0) is 44.0 Å². The standard InChI is InChI=1S/C21H23N3O3/c1-15-9-11-17(12-10-15)21(27)24-13-5-8-18(14-24)20(26)23-22-19(25)16-6-3-2-4-7-16/h2-4,6-7,9-12,18H,5,8,13-14H2,1H3,(H,22,25)(H,23,26). The molecular formula is C21H23N3O3. The Labute approximate surface area is 158 Å². The molecule has 1 fully saturated rings. The first-order chi connectivity index (χ1) is 13.0. The number of hydrogen-bond acceptors (Lipinski definition) is 3. The van der Waals surface area contributed by atoms with Gasteiger partial charge in [0.05, 0.1) is 5.92 Å². The summed E-state index contributed by atoms with van der Waals surface area (Å²) >= 11 is 0. The van der Waals surface area contributed by atoms with E-state index in [-0.39, 0.29) is 23.6 Å². The van der Waals surface area contributed by atoms with Crippen LogP contribution in [0.25, 0.3) is 0 Å². The average Bonchev–Trinajstić information content (AvgIpc) is 2.72. The Morgan fingerprint density at radius 1 is 0.926 bits per heavy atom. The Morgan fingerprint density at radius 3 is 2.33 bits per heavy atom. The number of hydrazine groups is 1. The van der Waals surface area contributed by atoms with Crippen LogP contribution in [0.1, 0.15) is 39.1 Å². The zero-order chi connectivity index (χ0) is 19.2. The summed E-state index contributed by atoms with van der Waals surface area (Å²) in [5.74, 6) is -1.06. The summed E-state index contributed by atoms with van der Waals surface area (Å²) in [6.07, 6.45) is 1.44. The van der Waals surface area contributed by atoms with Gasteiger partial charge in [-0.15, -0.1) is 0 Å². The third-order valence-corrected chi connectivity index (χ3v) is 4.71. The van der Waals surface area contributed by atoms with Crippen molar-refractivity contribution >= 4 is 17.7 Å². The van der Waals surface area contributed by atoms with Crippen LogP contribution in [0.2, 0.25) is 0 Å². The maximum Gasteiger partial charge on any atom is 0.269 e. The molecule has 1 saturated heterocycles. The second kappa shape index (κ2) is 8.49. The first kappa shape index (κ1) is 18.6. The van der Waals surface area contributed by atoms with Crippen molar-refractivity contribution in [2.24, 2.45) is 5.92 Å². The SMILES string of the molecule is Cc1ccc(C(=O)N2CCCC(C(=O)NNC(=O)c3ccccc3)C2)cc1. The maximum atomic E-state index is 12.7. The van der Waals surface area contributed by atoms with Crippen LogP contribution in [-0.4, -0.2) is 35.7 Å². The monoisotopic (exact) mass is 365 g/mol. The normalized spacial score (nSPS) is 16.5. The van der Waals surface area contributed by atoms with Gasteiger partial charge in [-0.25, -0.2) is 0 Å². The van der Waals surface area contributed by atoms with Crippen LogP contribution in [0, 0.1) is 12.8 Å². The topological polar surface area (TPSA) is 78.5 Å². The summed E-state index contributed by atoms with van der Waals surface area (Å²) in [4.78, 5) is 38.8. The molecule has 3 rings (SSSR count). The minimum Gasteiger partial charge on any atom is -0.338 e. The van der Waals surface area contributed by atoms with E-state index in [1.54, 1.807) is 41.3 Å². The van der Waals surface area contributed by atoms with Crippen molar-refractivity contribution in [1.82, 2.24) is 15.8 Å². The van der Waals surface area contributed by atoms with Crippen molar-refractivity contribution in [3.63, 3.8) is 0 Å². The molecule has 0 spiro atoms. The maximum absolute atomic E-state index is 12.7. The van der Waals surface area contributed by atoms with E-state index in [2.05, 4.69) is 10.9 Å². The molecule has 1 atom stereocenters. The molecule has 2 aromatic rings. The Balaban J connectivity index is 1.55. The lowest BCUT2D eigenvalue weighted by Crippen LogP contribution is -2.50. The molecule has 1 unspecified atom stereocenters. The highest BCUT2D eigenvalue weighted by molar-refractivity contribution is 5.96. The van der Waals surface area contributed by atoms with Gasteiger partial charge in [-0.1, -0.05) is 35.9 Å². The lowest BCUT2D eigenvalue weighted by molar-refractivity contribution is -0.127. The van der Waals surface area contributed by atoms with E-state index in [1.807, 2.05) is 25.1 Å². The van der Waals surface area contributed by atoms with Gasteiger partial charge < -0.3 is 4.90 Å². The minimum absolute atomic E-state index is 0.0687. The highest BCUT2D eigenvalue weighted by Crippen LogP contribution is 2.19. The number of piperidine rings is 1. The summed E-state index contributed by atoms with van der Waals surface area (Å²) in [7, 11) is 0. The number of hydrogen-bond donors (Lipinski definition) is 2. The van der Waals surface area contributed by atoms with E-state index in [0.717, 1.165) is 12.0 Å². The number of carbonyl (C=O) groups is 3. The summed E-state index contributed by atoms with van der Waals surface area (Å²) in [6.45, 7) is 2.95. The van der Waals surface area contributed by atoms with Gasteiger partial charge in [0.25, 0.3) is 11.8 Å². The summed E-state index contributed by atoms with van der Waals surface area (Å²) in [5.41, 5.74) is 7.11. The molecule has 140 valence electrons. The molecule has 0 aromatic heterocycles. The number of aryl methyl sites for hydroxylation is 1. The lowest BCUT2D eigenvalue weighted by Gasteiger charge is -2.32. The predicted octanol–water partition coefficient (Wildman–Crippen LogP) is 2.31. The van der Waals surface area contributed by atoms with Crippen LogP contribution >= 0.6 is 0 Å². The van der Waals surface area contributed by atoms with Crippen molar-refractivity contribution in [3.8, 4) is 0 Å². The molecule has 3 amide bonds. The van der Waals surface area contributed by atoms with E-state index in [4.69, 9.17) is 0 Å². The fourth-order valence-electron chi connectivity index (χ4n) is 3.14. The van der Waals surface area contributed by atoms with Crippen molar-refractivity contribution in [2.45, 2.75) is 19.8 Å². The number of benzene rings is 2. The molecule has 2 N–H and O–H groups in total. The summed E-state index contributed by atoms with van der Waals surface area (Å²) < 4.78 is 0. The van der Waals surface area contributed by atoms with E-state index in [0.29, 0.717) is 30.6 Å². The molecular weight excluding hydrogens is 342 g/mol. The predicted molar refractivity (Wildman–Crippen MR) is 102 cm³/mol. The molecule has 1 heterocycles. The highest BCUT2D eigenvalue weighted by atomic mass is 16.2. The van der Waals surface area contributed by atoms with Crippen LogP contribution < -0.4 is 10.9 Å². The van der Waals surface area contributed by atoms with Gasteiger partial charge >= 0.3 is 0 Å². The van der Waals surface area contributed by atoms with E-state index < -0.39 is 0 Å². The Kier molecular flexibility index (Phi) is 5.86.